The predicted octanol–water partition coefficient (Wildman–Crippen LogP) is 5.33. The third-order valence-electron chi connectivity index (χ3n) is 8.89. The number of hydrogen-bond acceptors (Lipinski definition) is 5. The summed E-state index contributed by atoms with van der Waals surface area (Å²) in [7, 11) is 3.53. The molecule has 5 heteroatoms. The maximum absolute atomic E-state index is 14.0. The second-order valence-electron chi connectivity index (χ2n) is 10.6. The van der Waals surface area contributed by atoms with E-state index in [2.05, 4.69) is 41.5 Å². The number of ketones is 1. The van der Waals surface area contributed by atoms with Crippen LogP contribution in [0.5, 0.6) is 0 Å². The predicted molar refractivity (Wildman–Crippen MR) is 119 cm³/mol. The summed E-state index contributed by atoms with van der Waals surface area (Å²) >= 11 is 1.82. The summed E-state index contributed by atoms with van der Waals surface area (Å²) in [4.78, 5) is 14.0. The van der Waals surface area contributed by atoms with Gasteiger partial charge in [0.15, 0.2) is 5.78 Å². The first-order valence-electron chi connectivity index (χ1n) is 11.4. The Bertz CT molecular complexity index is 610. The number of rotatable bonds is 6. The summed E-state index contributed by atoms with van der Waals surface area (Å²) in [6, 6.07) is 0. The Hall–Kier alpha value is -0.100. The Morgan fingerprint density at radius 2 is 1.79 bits per heavy atom. The van der Waals surface area contributed by atoms with E-state index in [1.165, 1.54) is 0 Å². The molecule has 3 rings (SSSR count). The smallest absolute Gasteiger partial charge is 0.152 e. The van der Waals surface area contributed by atoms with Crippen LogP contribution in [0.2, 0.25) is 0 Å². The lowest BCUT2D eigenvalue weighted by molar-refractivity contribution is -0.211. The van der Waals surface area contributed by atoms with Crippen LogP contribution < -0.4 is 0 Å². The number of Topliss-reactive ketones (excluding diaryl/α,β-unsaturated/α-hetero) is 1. The molecule has 0 aromatic heterocycles. The molecular weight excluding hydrogens is 384 g/mol. The lowest BCUT2D eigenvalue weighted by Gasteiger charge is -2.62. The minimum Gasteiger partial charge on any atom is -0.381 e. The molecule has 29 heavy (non-hydrogen) atoms. The van der Waals surface area contributed by atoms with Gasteiger partial charge in [-0.15, -0.1) is 11.8 Å². The van der Waals surface area contributed by atoms with E-state index in [0.717, 1.165) is 32.1 Å². The van der Waals surface area contributed by atoms with E-state index in [4.69, 9.17) is 14.2 Å². The van der Waals surface area contributed by atoms with Crippen molar-refractivity contribution < 1.29 is 19.0 Å². The zero-order valence-electron chi connectivity index (χ0n) is 19.7. The van der Waals surface area contributed by atoms with Gasteiger partial charge in [-0.2, -0.15) is 0 Å². The quantitative estimate of drug-likeness (QED) is 0.537. The first-order chi connectivity index (χ1) is 13.6. The van der Waals surface area contributed by atoms with Crippen LogP contribution >= 0.6 is 11.8 Å². The van der Waals surface area contributed by atoms with E-state index in [1.54, 1.807) is 7.11 Å². The molecule has 0 spiro atoms. The molecule has 0 heterocycles. The molecule has 0 radical (unpaired) electrons. The highest BCUT2D eigenvalue weighted by atomic mass is 32.2. The van der Waals surface area contributed by atoms with Crippen LogP contribution in [-0.2, 0) is 19.0 Å². The molecule has 0 amide bonds. The largest absolute Gasteiger partial charge is 0.381 e. The van der Waals surface area contributed by atoms with Crippen molar-refractivity contribution in [3.8, 4) is 0 Å². The lowest BCUT2D eigenvalue weighted by Crippen LogP contribution is -2.63. The van der Waals surface area contributed by atoms with Crippen molar-refractivity contribution >= 4 is 17.5 Å². The van der Waals surface area contributed by atoms with Gasteiger partial charge in [0.1, 0.15) is 6.79 Å². The van der Waals surface area contributed by atoms with Crippen molar-refractivity contribution in [2.75, 3.05) is 21.0 Å². The third-order valence-corrected chi connectivity index (χ3v) is 10.3. The van der Waals surface area contributed by atoms with Gasteiger partial charge in [-0.3, -0.25) is 4.79 Å². The first kappa shape index (κ1) is 23.6. The fraction of sp³-hybridized carbons (Fsp3) is 0.958. The fourth-order valence-electron chi connectivity index (χ4n) is 7.39. The third kappa shape index (κ3) is 3.62. The molecule has 3 saturated carbocycles. The van der Waals surface area contributed by atoms with Crippen LogP contribution in [0.4, 0.5) is 0 Å². The SMILES string of the molecule is COCOC1C[C@@](C)(SC(C)C)C(=O)[C@H](C)C23CC[C@@H](C)[C@]1(C)C2[C@H](OC)CC3. The summed E-state index contributed by atoms with van der Waals surface area (Å²) in [5.74, 6) is 1.34. The van der Waals surface area contributed by atoms with E-state index in [1.807, 2.05) is 18.9 Å². The number of carbonyl (C=O) groups is 1. The Morgan fingerprint density at radius 1 is 1.14 bits per heavy atom. The van der Waals surface area contributed by atoms with Crippen molar-refractivity contribution in [3.05, 3.63) is 0 Å². The number of ether oxygens (including phenoxy) is 3. The molecule has 4 nitrogen and oxygen atoms in total. The number of thioether (sulfide) groups is 1. The van der Waals surface area contributed by atoms with Crippen molar-refractivity contribution in [2.24, 2.45) is 28.6 Å². The van der Waals surface area contributed by atoms with E-state index in [0.29, 0.717) is 22.9 Å². The Labute approximate surface area is 182 Å². The summed E-state index contributed by atoms with van der Waals surface area (Å²) in [5.41, 5.74) is -0.0192. The topological polar surface area (TPSA) is 44.8 Å². The normalized spacial score (nSPS) is 47.8. The first-order valence-corrected chi connectivity index (χ1v) is 12.3. The Kier molecular flexibility index (Phi) is 6.86. The van der Waals surface area contributed by atoms with Gasteiger partial charge in [0.25, 0.3) is 0 Å². The van der Waals surface area contributed by atoms with Gasteiger partial charge in [-0.1, -0.05) is 34.6 Å². The molecule has 3 unspecified atom stereocenters. The van der Waals surface area contributed by atoms with E-state index in [9.17, 15) is 4.79 Å². The van der Waals surface area contributed by atoms with Crippen LogP contribution in [0.1, 0.15) is 73.6 Å². The average Bonchev–Trinajstić information content (AvgIpc) is 3.06. The fourth-order valence-corrected chi connectivity index (χ4v) is 8.97. The van der Waals surface area contributed by atoms with Gasteiger partial charge in [-0.05, 0) is 56.3 Å². The van der Waals surface area contributed by atoms with Crippen molar-refractivity contribution in [1.82, 2.24) is 0 Å². The molecule has 2 bridgehead atoms. The second kappa shape index (κ2) is 8.44. The van der Waals surface area contributed by atoms with Crippen LogP contribution in [0.15, 0.2) is 0 Å². The lowest BCUT2D eigenvalue weighted by atomic mass is 9.45. The van der Waals surface area contributed by atoms with Gasteiger partial charge >= 0.3 is 0 Å². The Balaban J connectivity index is 2.17. The summed E-state index contributed by atoms with van der Waals surface area (Å²) in [6.07, 6.45) is 5.34. The van der Waals surface area contributed by atoms with Crippen LogP contribution in [0, 0.1) is 28.6 Å². The van der Waals surface area contributed by atoms with Crippen LogP contribution in [0.25, 0.3) is 0 Å². The molecular formula is C24H42O4S. The maximum Gasteiger partial charge on any atom is 0.152 e. The van der Waals surface area contributed by atoms with E-state index < -0.39 is 4.75 Å². The van der Waals surface area contributed by atoms with Gasteiger partial charge in [-0.25, -0.2) is 0 Å². The highest BCUT2D eigenvalue weighted by molar-refractivity contribution is 8.01. The molecule has 3 fully saturated rings. The second-order valence-corrected chi connectivity index (χ2v) is 12.7. The number of hydrogen-bond donors (Lipinski definition) is 0. The molecule has 3 aliphatic carbocycles. The van der Waals surface area contributed by atoms with Crippen LogP contribution in [0.3, 0.4) is 0 Å². The zero-order valence-corrected chi connectivity index (χ0v) is 20.6. The molecule has 0 saturated heterocycles. The van der Waals surface area contributed by atoms with Gasteiger partial charge in [0.05, 0.1) is 17.0 Å². The highest BCUT2D eigenvalue weighted by Gasteiger charge is 2.68. The van der Waals surface area contributed by atoms with E-state index >= 15 is 0 Å². The molecule has 3 aliphatic rings. The zero-order chi connectivity index (χ0) is 21.6. The minimum atomic E-state index is -0.437. The molecule has 0 N–H and O–H groups in total. The van der Waals surface area contributed by atoms with Crippen LogP contribution in [-0.4, -0.2) is 49.0 Å². The summed E-state index contributed by atoms with van der Waals surface area (Å²) in [5, 5.41) is 0.396. The standard InChI is InChI=1S/C24H42O4S/c1-15(2)29-22(5)13-19(28-14-26-7)23(6)16(3)9-11-24(17(4)21(22)25)12-10-18(27-8)20(23)24/h15-20H,9-14H2,1-8H3/t16-,17+,18-,19?,20?,22-,23+,24?/m1/s1. The minimum absolute atomic E-state index is 0.0208. The summed E-state index contributed by atoms with van der Waals surface area (Å²) in [6.45, 7) is 13.9. The summed E-state index contributed by atoms with van der Waals surface area (Å²) < 4.78 is 17.4. The monoisotopic (exact) mass is 426 g/mol. The van der Waals surface area contributed by atoms with Gasteiger partial charge in [0, 0.05) is 30.8 Å². The molecule has 0 aliphatic heterocycles. The highest BCUT2D eigenvalue weighted by Crippen LogP contribution is 2.68. The van der Waals surface area contributed by atoms with Gasteiger partial charge < -0.3 is 14.2 Å². The van der Waals surface area contributed by atoms with Crippen molar-refractivity contribution in [2.45, 2.75) is 95.9 Å². The maximum atomic E-state index is 14.0. The number of methoxy groups -OCH3 is 2. The van der Waals surface area contributed by atoms with Crippen molar-refractivity contribution in [3.63, 3.8) is 0 Å². The molecule has 0 aromatic rings. The molecule has 168 valence electrons. The van der Waals surface area contributed by atoms with Gasteiger partial charge in [0.2, 0.25) is 0 Å². The average molecular weight is 427 g/mol. The van der Waals surface area contributed by atoms with Crippen molar-refractivity contribution in [1.29, 1.82) is 0 Å². The number of carbonyl (C=O) groups excluding carboxylic acids is 1. The molecule has 8 atom stereocenters. The Morgan fingerprint density at radius 3 is 2.38 bits per heavy atom. The van der Waals surface area contributed by atoms with E-state index in [-0.39, 0.29) is 35.7 Å². The molecule has 0 aromatic carbocycles.